The normalized spacial score (nSPS) is 15.7. The number of halogens is 4. The SMILES string of the molecule is CCOC(=O)[C@H]1CCCN(C(=O)c2nn(-c3ccccc3F)c(=O)n(Cc3cccc(C(F)(F)F)c3)c2=O)C1. The van der Waals surface area contributed by atoms with Crippen molar-refractivity contribution < 1.29 is 31.9 Å². The monoisotopic (exact) mass is 548 g/mol. The molecule has 0 spiro atoms. The lowest BCUT2D eigenvalue weighted by molar-refractivity contribution is -0.149. The van der Waals surface area contributed by atoms with Crippen molar-refractivity contribution in [3.63, 3.8) is 0 Å². The van der Waals surface area contributed by atoms with Gasteiger partial charge in [-0.25, -0.2) is 9.18 Å². The predicted octanol–water partition coefficient (Wildman–Crippen LogP) is 3.02. The zero-order valence-corrected chi connectivity index (χ0v) is 20.8. The van der Waals surface area contributed by atoms with Crippen LogP contribution in [0.5, 0.6) is 0 Å². The van der Waals surface area contributed by atoms with Gasteiger partial charge in [0.05, 0.1) is 24.6 Å². The van der Waals surface area contributed by atoms with Crippen LogP contribution in [0.3, 0.4) is 0 Å². The van der Waals surface area contributed by atoms with Crippen LogP contribution in [-0.2, 0) is 22.3 Å². The Morgan fingerprint density at radius 1 is 1.10 bits per heavy atom. The predicted molar refractivity (Wildman–Crippen MR) is 130 cm³/mol. The summed E-state index contributed by atoms with van der Waals surface area (Å²) in [6.45, 7) is 1.28. The minimum atomic E-state index is -4.67. The fourth-order valence-electron chi connectivity index (χ4n) is 4.36. The molecule has 13 heteroatoms. The number of nitrogens with zero attached hydrogens (tertiary/aromatic N) is 4. The standard InChI is InChI=1S/C26H24F4N4O5/c1-2-39-24(37)17-8-6-12-32(15-17)22(35)21-23(36)33(14-16-7-5-9-18(13-16)26(28,29)30)25(38)34(31-21)20-11-4-3-10-19(20)27/h3-5,7,9-11,13,17H,2,6,8,12,14-15H2,1H3/t17-/m0/s1. The molecule has 1 aliphatic heterocycles. The van der Waals surface area contributed by atoms with Crippen molar-refractivity contribution in [3.8, 4) is 5.69 Å². The van der Waals surface area contributed by atoms with E-state index in [0.29, 0.717) is 22.1 Å². The molecule has 206 valence electrons. The molecule has 1 atom stereocenters. The summed E-state index contributed by atoms with van der Waals surface area (Å²) in [6.07, 6.45) is -3.78. The summed E-state index contributed by atoms with van der Waals surface area (Å²) in [5.41, 5.74) is -4.46. The summed E-state index contributed by atoms with van der Waals surface area (Å²) in [5, 5.41) is 3.89. The van der Waals surface area contributed by atoms with Gasteiger partial charge in [-0.15, -0.1) is 0 Å². The lowest BCUT2D eigenvalue weighted by Crippen LogP contribution is -2.49. The van der Waals surface area contributed by atoms with E-state index in [1.165, 1.54) is 29.2 Å². The van der Waals surface area contributed by atoms with Gasteiger partial charge >= 0.3 is 17.8 Å². The molecule has 2 heterocycles. The molecular formula is C26H24F4N4O5. The zero-order valence-electron chi connectivity index (χ0n) is 20.8. The second kappa shape index (κ2) is 11.2. The van der Waals surface area contributed by atoms with E-state index in [0.717, 1.165) is 24.3 Å². The lowest BCUT2D eigenvalue weighted by atomic mass is 9.98. The van der Waals surface area contributed by atoms with Gasteiger partial charge in [0.25, 0.3) is 11.5 Å². The van der Waals surface area contributed by atoms with Gasteiger partial charge in [-0.05, 0) is 49.6 Å². The third-order valence-electron chi connectivity index (χ3n) is 6.27. The number of amides is 1. The molecule has 9 nitrogen and oxygen atoms in total. The maximum absolute atomic E-state index is 14.6. The number of ether oxygens (including phenoxy) is 1. The Bertz CT molecular complexity index is 1520. The van der Waals surface area contributed by atoms with Crippen molar-refractivity contribution >= 4 is 11.9 Å². The molecule has 2 aromatic carbocycles. The Kier molecular flexibility index (Phi) is 7.98. The molecule has 1 amide bonds. The van der Waals surface area contributed by atoms with E-state index in [9.17, 15) is 36.7 Å². The summed E-state index contributed by atoms with van der Waals surface area (Å²) in [5.74, 6) is -2.92. The molecule has 0 bridgehead atoms. The molecule has 0 saturated carbocycles. The average Bonchev–Trinajstić information content (AvgIpc) is 2.91. The van der Waals surface area contributed by atoms with E-state index in [1.54, 1.807) is 6.92 Å². The second-order valence-corrected chi connectivity index (χ2v) is 8.93. The Morgan fingerprint density at radius 2 is 1.85 bits per heavy atom. The first-order valence-corrected chi connectivity index (χ1v) is 12.1. The quantitative estimate of drug-likeness (QED) is 0.347. The maximum atomic E-state index is 14.6. The first kappa shape index (κ1) is 27.7. The highest BCUT2D eigenvalue weighted by atomic mass is 19.4. The number of aromatic nitrogens is 3. The molecule has 1 aromatic heterocycles. The molecular weight excluding hydrogens is 524 g/mol. The summed E-state index contributed by atoms with van der Waals surface area (Å²) in [6, 6.07) is 9.02. The number of benzene rings is 2. The van der Waals surface area contributed by atoms with E-state index in [-0.39, 0.29) is 30.9 Å². The van der Waals surface area contributed by atoms with Crippen molar-refractivity contribution in [3.05, 3.63) is 92.0 Å². The van der Waals surface area contributed by atoms with Gasteiger partial charge in [-0.2, -0.15) is 23.0 Å². The van der Waals surface area contributed by atoms with Crippen molar-refractivity contribution in [2.75, 3.05) is 19.7 Å². The van der Waals surface area contributed by atoms with Crippen LogP contribution in [0.25, 0.3) is 5.69 Å². The fourth-order valence-corrected chi connectivity index (χ4v) is 4.36. The molecule has 1 fully saturated rings. The molecule has 4 rings (SSSR count). The summed E-state index contributed by atoms with van der Waals surface area (Å²) in [7, 11) is 0. The summed E-state index contributed by atoms with van der Waals surface area (Å²) in [4.78, 5) is 53.6. The van der Waals surface area contributed by atoms with Crippen LogP contribution in [0.15, 0.2) is 58.1 Å². The van der Waals surface area contributed by atoms with Gasteiger partial charge in [-0.3, -0.25) is 19.0 Å². The molecule has 1 saturated heterocycles. The number of hydrogen-bond donors (Lipinski definition) is 0. The molecule has 0 N–H and O–H groups in total. The number of esters is 1. The molecule has 0 radical (unpaired) electrons. The summed E-state index contributed by atoms with van der Waals surface area (Å²) >= 11 is 0. The molecule has 39 heavy (non-hydrogen) atoms. The number of rotatable bonds is 6. The Labute approximate surface area is 219 Å². The van der Waals surface area contributed by atoms with Gasteiger partial charge in [-0.1, -0.05) is 24.3 Å². The molecule has 1 aliphatic rings. The van der Waals surface area contributed by atoms with Crippen LogP contribution in [0.1, 0.15) is 41.4 Å². The van der Waals surface area contributed by atoms with Crippen LogP contribution in [0.4, 0.5) is 17.6 Å². The van der Waals surface area contributed by atoms with Gasteiger partial charge in [0.2, 0.25) is 5.69 Å². The van der Waals surface area contributed by atoms with Crippen LogP contribution < -0.4 is 11.2 Å². The number of carbonyl (C=O) groups is 2. The minimum Gasteiger partial charge on any atom is -0.466 e. The van der Waals surface area contributed by atoms with Gasteiger partial charge in [0.1, 0.15) is 11.5 Å². The topological polar surface area (TPSA) is 104 Å². The van der Waals surface area contributed by atoms with Crippen molar-refractivity contribution in [1.29, 1.82) is 0 Å². The largest absolute Gasteiger partial charge is 0.466 e. The van der Waals surface area contributed by atoms with Crippen molar-refractivity contribution in [2.24, 2.45) is 5.92 Å². The summed E-state index contributed by atoms with van der Waals surface area (Å²) < 4.78 is 60.5. The number of hydrogen-bond acceptors (Lipinski definition) is 6. The molecule has 0 unspecified atom stereocenters. The minimum absolute atomic E-state index is 0.0472. The number of piperidine rings is 1. The molecule has 3 aromatic rings. The van der Waals surface area contributed by atoms with Gasteiger partial charge in [0.15, 0.2) is 0 Å². The van der Waals surface area contributed by atoms with Crippen LogP contribution >= 0.6 is 0 Å². The van der Waals surface area contributed by atoms with Crippen LogP contribution in [0.2, 0.25) is 0 Å². The highest BCUT2D eigenvalue weighted by Gasteiger charge is 2.33. The van der Waals surface area contributed by atoms with Crippen LogP contribution in [0, 0.1) is 11.7 Å². The Morgan fingerprint density at radius 3 is 2.54 bits per heavy atom. The molecule has 0 aliphatic carbocycles. The highest BCUT2D eigenvalue weighted by Crippen LogP contribution is 2.29. The first-order chi connectivity index (χ1) is 18.5. The smallest absolute Gasteiger partial charge is 0.416 e. The Hall–Kier alpha value is -4.29. The number of likely N-dealkylation sites (tertiary alicyclic amines) is 1. The number of para-hydroxylation sites is 1. The van der Waals surface area contributed by atoms with E-state index in [1.807, 2.05) is 0 Å². The first-order valence-electron chi connectivity index (χ1n) is 12.1. The third kappa shape index (κ3) is 5.91. The highest BCUT2D eigenvalue weighted by molar-refractivity contribution is 5.92. The van der Waals surface area contributed by atoms with Gasteiger partial charge < -0.3 is 9.64 Å². The number of carbonyl (C=O) groups excluding carboxylic acids is 2. The fraction of sp³-hybridized carbons (Fsp3) is 0.346. The second-order valence-electron chi connectivity index (χ2n) is 8.93. The third-order valence-corrected chi connectivity index (χ3v) is 6.27. The van der Waals surface area contributed by atoms with Gasteiger partial charge in [0, 0.05) is 13.1 Å². The average molecular weight is 548 g/mol. The Balaban J connectivity index is 1.81. The van der Waals surface area contributed by atoms with E-state index >= 15 is 0 Å². The van der Waals surface area contributed by atoms with E-state index in [4.69, 9.17) is 4.74 Å². The lowest BCUT2D eigenvalue weighted by Gasteiger charge is -2.31. The van der Waals surface area contributed by atoms with E-state index < -0.39 is 58.8 Å². The number of alkyl halides is 3. The maximum Gasteiger partial charge on any atom is 0.416 e. The van der Waals surface area contributed by atoms with E-state index in [2.05, 4.69) is 5.10 Å². The van der Waals surface area contributed by atoms with Crippen LogP contribution in [-0.4, -0.2) is 50.8 Å². The van der Waals surface area contributed by atoms with Crippen molar-refractivity contribution in [2.45, 2.75) is 32.5 Å². The zero-order chi connectivity index (χ0) is 28.3. The van der Waals surface area contributed by atoms with Crippen molar-refractivity contribution in [1.82, 2.24) is 19.2 Å².